The van der Waals surface area contributed by atoms with Crippen LogP contribution < -0.4 is 5.32 Å². The Hall–Kier alpha value is -2.73. The summed E-state index contributed by atoms with van der Waals surface area (Å²) in [6.07, 6.45) is 5.33. The molecule has 3 heteroatoms. The Labute approximate surface area is 111 Å². The summed E-state index contributed by atoms with van der Waals surface area (Å²) in [6, 6.07) is 14.4. The molecular weight excluding hydrogens is 238 g/mol. The minimum Gasteiger partial charge on any atom is -0.478 e. The van der Waals surface area contributed by atoms with E-state index in [1.54, 1.807) is 18.2 Å². The minimum absolute atomic E-state index is 0.308. The summed E-state index contributed by atoms with van der Waals surface area (Å²) in [7, 11) is 0. The van der Waals surface area contributed by atoms with Crippen molar-refractivity contribution in [3.63, 3.8) is 0 Å². The molecule has 0 saturated carbocycles. The van der Waals surface area contributed by atoms with Crippen LogP contribution in [0.25, 0.3) is 0 Å². The zero-order chi connectivity index (χ0) is 13.7. The van der Waals surface area contributed by atoms with Gasteiger partial charge in [-0.25, -0.2) is 4.79 Å². The summed E-state index contributed by atoms with van der Waals surface area (Å²) >= 11 is 0. The molecule has 0 radical (unpaired) electrons. The first-order valence-electron chi connectivity index (χ1n) is 5.82. The molecule has 2 rings (SSSR count). The summed E-state index contributed by atoms with van der Waals surface area (Å²) in [5.41, 5.74) is 2.70. The molecule has 0 heterocycles. The van der Waals surface area contributed by atoms with Crippen molar-refractivity contribution in [2.45, 2.75) is 6.54 Å². The van der Waals surface area contributed by atoms with Crippen molar-refractivity contribution in [2.75, 3.05) is 5.32 Å². The monoisotopic (exact) mass is 251 g/mol. The van der Waals surface area contributed by atoms with Crippen molar-refractivity contribution < 1.29 is 9.90 Å². The van der Waals surface area contributed by atoms with Crippen LogP contribution >= 0.6 is 0 Å². The number of terminal acetylenes is 1. The lowest BCUT2D eigenvalue weighted by Crippen LogP contribution is -2.07. The fraction of sp³-hybridized carbons (Fsp3) is 0.0625. The molecule has 0 aliphatic carbocycles. The van der Waals surface area contributed by atoms with Gasteiger partial charge >= 0.3 is 5.97 Å². The van der Waals surface area contributed by atoms with Crippen molar-refractivity contribution in [2.24, 2.45) is 0 Å². The zero-order valence-corrected chi connectivity index (χ0v) is 10.3. The van der Waals surface area contributed by atoms with Crippen molar-refractivity contribution in [1.29, 1.82) is 0 Å². The van der Waals surface area contributed by atoms with E-state index in [0.717, 1.165) is 16.8 Å². The van der Waals surface area contributed by atoms with Gasteiger partial charge in [0.05, 0.1) is 5.56 Å². The highest BCUT2D eigenvalue weighted by Gasteiger charge is 2.08. The number of benzene rings is 2. The van der Waals surface area contributed by atoms with Crippen LogP contribution in [0.5, 0.6) is 0 Å². The quantitative estimate of drug-likeness (QED) is 0.821. The predicted octanol–water partition coefficient (Wildman–Crippen LogP) is 2.98. The SMILES string of the molecule is C#Cc1cccc(NCc2ccccc2C(=O)O)c1. The predicted molar refractivity (Wildman–Crippen MR) is 75.1 cm³/mol. The second-order valence-electron chi connectivity index (χ2n) is 4.04. The number of nitrogens with one attached hydrogen (secondary N) is 1. The fourth-order valence-corrected chi connectivity index (χ4v) is 1.80. The number of aromatic carboxylic acids is 1. The van der Waals surface area contributed by atoms with Gasteiger partial charge in [-0.05, 0) is 29.8 Å². The summed E-state index contributed by atoms with van der Waals surface area (Å²) in [5, 5.41) is 12.3. The standard InChI is InChI=1S/C16H13NO2/c1-2-12-6-5-8-14(10-12)17-11-13-7-3-4-9-15(13)16(18)19/h1,3-10,17H,11H2,(H,18,19). The van der Waals surface area contributed by atoms with Gasteiger partial charge in [-0.3, -0.25) is 0 Å². The lowest BCUT2D eigenvalue weighted by Gasteiger charge is -2.09. The van der Waals surface area contributed by atoms with Crippen LogP contribution in [0.1, 0.15) is 21.5 Å². The van der Waals surface area contributed by atoms with E-state index in [-0.39, 0.29) is 0 Å². The highest BCUT2D eigenvalue weighted by atomic mass is 16.4. The Balaban J connectivity index is 2.15. The Morgan fingerprint density at radius 3 is 2.74 bits per heavy atom. The average Bonchev–Trinajstić information content (AvgIpc) is 2.45. The maximum absolute atomic E-state index is 11.1. The van der Waals surface area contributed by atoms with Gasteiger partial charge < -0.3 is 10.4 Å². The van der Waals surface area contributed by atoms with Crippen molar-refractivity contribution >= 4 is 11.7 Å². The molecular formula is C16H13NO2. The van der Waals surface area contributed by atoms with Crippen LogP contribution in [0, 0.1) is 12.3 Å². The lowest BCUT2D eigenvalue weighted by atomic mass is 10.1. The van der Waals surface area contributed by atoms with Crippen LogP contribution in [-0.2, 0) is 6.54 Å². The molecule has 0 unspecified atom stereocenters. The average molecular weight is 251 g/mol. The number of carbonyl (C=O) groups is 1. The van der Waals surface area contributed by atoms with Gasteiger partial charge in [0.2, 0.25) is 0 Å². The fourth-order valence-electron chi connectivity index (χ4n) is 1.80. The topological polar surface area (TPSA) is 49.3 Å². The van der Waals surface area contributed by atoms with Gasteiger partial charge in [0.1, 0.15) is 0 Å². The van der Waals surface area contributed by atoms with Crippen LogP contribution in [0.2, 0.25) is 0 Å². The zero-order valence-electron chi connectivity index (χ0n) is 10.3. The number of hydrogen-bond donors (Lipinski definition) is 2. The summed E-state index contributed by atoms with van der Waals surface area (Å²) in [5.74, 6) is 1.64. The maximum atomic E-state index is 11.1. The number of anilines is 1. The highest BCUT2D eigenvalue weighted by Crippen LogP contribution is 2.14. The third kappa shape index (κ3) is 3.14. The van der Waals surface area contributed by atoms with Crippen molar-refractivity contribution in [1.82, 2.24) is 0 Å². The minimum atomic E-state index is -0.922. The molecule has 2 aromatic rings. The molecule has 19 heavy (non-hydrogen) atoms. The molecule has 0 aliphatic heterocycles. The van der Waals surface area contributed by atoms with E-state index < -0.39 is 5.97 Å². The second kappa shape index (κ2) is 5.74. The molecule has 0 amide bonds. The van der Waals surface area contributed by atoms with E-state index in [4.69, 9.17) is 11.5 Å². The van der Waals surface area contributed by atoms with E-state index in [0.29, 0.717) is 12.1 Å². The second-order valence-corrected chi connectivity index (χ2v) is 4.04. The van der Waals surface area contributed by atoms with E-state index in [9.17, 15) is 4.79 Å². The number of carboxylic acids is 1. The molecule has 94 valence electrons. The van der Waals surface area contributed by atoms with Gasteiger partial charge in [-0.1, -0.05) is 30.2 Å². The number of carboxylic acid groups (broad SMARTS) is 1. The van der Waals surface area contributed by atoms with E-state index >= 15 is 0 Å². The molecule has 0 atom stereocenters. The van der Waals surface area contributed by atoms with Gasteiger partial charge in [0.15, 0.2) is 0 Å². The third-order valence-corrected chi connectivity index (χ3v) is 2.76. The van der Waals surface area contributed by atoms with Gasteiger partial charge in [0, 0.05) is 17.8 Å². The van der Waals surface area contributed by atoms with Crippen LogP contribution in [0.4, 0.5) is 5.69 Å². The Morgan fingerprint density at radius 2 is 2.00 bits per heavy atom. The van der Waals surface area contributed by atoms with Crippen LogP contribution in [0.3, 0.4) is 0 Å². The molecule has 2 aromatic carbocycles. The van der Waals surface area contributed by atoms with Crippen LogP contribution in [-0.4, -0.2) is 11.1 Å². The first kappa shape index (κ1) is 12.7. The Bertz CT molecular complexity index is 641. The molecule has 0 spiro atoms. The van der Waals surface area contributed by atoms with Crippen molar-refractivity contribution in [3.05, 3.63) is 65.2 Å². The summed E-state index contributed by atoms with van der Waals surface area (Å²) < 4.78 is 0. The van der Waals surface area contributed by atoms with E-state index in [1.165, 1.54) is 0 Å². The molecule has 3 nitrogen and oxygen atoms in total. The Kier molecular flexibility index (Phi) is 3.84. The molecule has 0 aliphatic rings. The molecule has 0 bridgehead atoms. The van der Waals surface area contributed by atoms with Gasteiger partial charge in [0.25, 0.3) is 0 Å². The molecule has 2 N–H and O–H groups in total. The summed E-state index contributed by atoms with van der Waals surface area (Å²) in [6.45, 7) is 0.441. The summed E-state index contributed by atoms with van der Waals surface area (Å²) in [4.78, 5) is 11.1. The largest absolute Gasteiger partial charge is 0.478 e. The number of hydrogen-bond acceptors (Lipinski definition) is 2. The normalized spacial score (nSPS) is 9.63. The van der Waals surface area contributed by atoms with Crippen molar-refractivity contribution in [3.8, 4) is 12.3 Å². The van der Waals surface area contributed by atoms with E-state index in [2.05, 4.69) is 11.2 Å². The smallest absolute Gasteiger partial charge is 0.336 e. The van der Waals surface area contributed by atoms with E-state index in [1.807, 2.05) is 30.3 Å². The Morgan fingerprint density at radius 1 is 1.21 bits per heavy atom. The lowest BCUT2D eigenvalue weighted by molar-refractivity contribution is 0.0696. The molecule has 0 aromatic heterocycles. The first-order chi connectivity index (χ1) is 9.20. The molecule has 0 fully saturated rings. The number of rotatable bonds is 4. The van der Waals surface area contributed by atoms with Gasteiger partial charge in [-0.15, -0.1) is 6.42 Å². The molecule has 0 saturated heterocycles. The first-order valence-corrected chi connectivity index (χ1v) is 5.82. The third-order valence-electron chi connectivity index (χ3n) is 2.76. The van der Waals surface area contributed by atoms with Crippen LogP contribution in [0.15, 0.2) is 48.5 Å². The van der Waals surface area contributed by atoms with Gasteiger partial charge in [-0.2, -0.15) is 0 Å². The maximum Gasteiger partial charge on any atom is 0.336 e. The highest BCUT2D eigenvalue weighted by molar-refractivity contribution is 5.89.